The highest BCUT2D eigenvalue weighted by molar-refractivity contribution is 5.73. The summed E-state index contributed by atoms with van der Waals surface area (Å²) in [5.41, 5.74) is 2.17. The molecule has 0 unspecified atom stereocenters. The number of amides is 2. The molecule has 2 aromatic heterocycles. The van der Waals surface area contributed by atoms with Crippen molar-refractivity contribution in [3.63, 3.8) is 0 Å². The van der Waals surface area contributed by atoms with E-state index in [9.17, 15) is 4.79 Å². The highest BCUT2D eigenvalue weighted by Gasteiger charge is 2.07. The normalized spacial score (nSPS) is 11.9. The first kappa shape index (κ1) is 17.7. The van der Waals surface area contributed by atoms with Crippen LogP contribution in [-0.2, 0) is 19.6 Å². The summed E-state index contributed by atoms with van der Waals surface area (Å²) in [7, 11) is 0. The number of aromatic nitrogens is 4. The van der Waals surface area contributed by atoms with Crippen molar-refractivity contribution in [3.8, 4) is 0 Å². The van der Waals surface area contributed by atoms with Gasteiger partial charge in [-0.25, -0.2) is 4.79 Å². The van der Waals surface area contributed by atoms with E-state index in [1.165, 1.54) is 5.56 Å². The second kappa shape index (κ2) is 8.84. The second-order valence-corrected chi connectivity index (χ2v) is 6.43. The Labute approximate surface area is 153 Å². The van der Waals surface area contributed by atoms with Crippen LogP contribution >= 0.6 is 0 Å². The fourth-order valence-corrected chi connectivity index (χ4v) is 2.66. The maximum atomic E-state index is 11.9. The molecule has 3 rings (SSSR count). The average Bonchev–Trinajstić information content (AvgIpc) is 3.31. The molecule has 0 fully saturated rings. The largest absolute Gasteiger partial charge is 0.338 e. The Morgan fingerprint density at radius 3 is 2.69 bits per heavy atom. The van der Waals surface area contributed by atoms with Gasteiger partial charge < -0.3 is 10.6 Å². The molecule has 0 saturated carbocycles. The smallest absolute Gasteiger partial charge is 0.315 e. The van der Waals surface area contributed by atoms with Crippen LogP contribution in [0.3, 0.4) is 0 Å². The lowest BCUT2D eigenvalue weighted by Gasteiger charge is -2.13. The summed E-state index contributed by atoms with van der Waals surface area (Å²) in [6, 6.07) is 11.9. The summed E-state index contributed by atoms with van der Waals surface area (Å²) in [6.07, 6.45) is 7.41. The maximum Gasteiger partial charge on any atom is 0.315 e. The van der Waals surface area contributed by atoms with Crippen LogP contribution in [0, 0.1) is 5.92 Å². The van der Waals surface area contributed by atoms with Crippen molar-refractivity contribution >= 4 is 6.03 Å². The van der Waals surface area contributed by atoms with Gasteiger partial charge in [-0.05, 0) is 17.5 Å². The molecule has 3 aromatic rings. The van der Waals surface area contributed by atoms with Gasteiger partial charge in [0.05, 0.1) is 12.7 Å². The summed E-state index contributed by atoms with van der Waals surface area (Å²) in [6.45, 7) is 4.63. The van der Waals surface area contributed by atoms with Crippen molar-refractivity contribution in [2.24, 2.45) is 5.92 Å². The molecule has 136 valence electrons. The quantitative estimate of drug-likeness (QED) is 0.653. The number of nitrogens with zero attached hydrogens (tertiary/aromatic N) is 4. The molecular weight excluding hydrogens is 328 g/mol. The van der Waals surface area contributed by atoms with Crippen LogP contribution in [0.5, 0.6) is 0 Å². The number of urea groups is 1. The lowest BCUT2D eigenvalue weighted by Crippen LogP contribution is -2.38. The first-order valence-corrected chi connectivity index (χ1v) is 8.73. The fourth-order valence-electron chi connectivity index (χ4n) is 2.66. The molecule has 0 aliphatic carbocycles. The van der Waals surface area contributed by atoms with Crippen molar-refractivity contribution in [1.82, 2.24) is 30.2 Å². The Morgan fingerprint density at radius 2 is 1.92 bits per heavy atom. The van der Waals surface area contributed by atoms with Crippen LogP contribution in [0.1, 0.15) is 18.1 Å². The third-order valence-corrected chi connectivity index (χ3v) is 4.00. The van der Waals surface area contributed by atoms with Crippen molar-refractivity contribution in [3.05, 3.63) is 72.3 Å². The number of benzene rings is 1. The Kier molecular flexibility index (Phi) is 6.03. The highest BCUT2D eigenvalue weighted by Crippen LogP contribution is 2.04. The maximum absolute atomic E-state index is 11.9. The first-order valence-electron chi connectivity index (χ1n) is 8.73. The minimum atomic E-state index is -0.173. The van der Waals surface area contributed by atoms with E-state index in [4.69, 9.17) is 0 Å². The van der Waals surface area contributed by atoms with E-state index in [1.807, 2.05) is 46.0 Å². The number of rotatable bonds is 8. The van der Waals surface area contributed by atoms with Gasteiger partial charge in [0.25, 0.3) is 0 Å². The zero-order valence-electron chi connectivity index (χ0n) is 14.9. The van der Waals surface area contributed by atoms with Crippen LogP contribution < -0.4 is 10.6 Å². The molecule has 0 aliphatic heterocycles. The minimum absolute atomic E-state index is 0.173. The standard InChI is InChI=1S/C19H24N6O/c1-16(13-24-9-5-8-22-24)10-20-19(26)21-11-18-12-23-25(15-18)14-17-6-3-2-4-7-17/h2-9,12,15-16H,10-11,13-14H2,1H3,(H2,20,21,26)/t16-/m1/s1. The van der Waals surface area contributed by atoms with E-state index in [-0.39, 0.29) is 6.03 Å². The van der Waals surface area contributed by atoms with Crippen LogP contribution in [0.15, 0.2) is 61.2 Å². The summed E-state index contributed by atoms with van der Waals surface area (Å²) < 4.78 is 3.74. The molecule has 2 heterocycles. The molecular formula is C19H24N6O. The molecule has 0 bridgehead atoms. The lowest BCUT2D eigenvalue weighted by atomic mass is 10.2. The molecule has 0 saturated heterocycles. The molecule has 26 heavy (non-hydrogen) atoms. The molecule has 2 N–H and O–H groups in total. The van der Waals surface area contributed by atoms with Gasteiger partial charge in [-0.2, -0.15) is 10.2 Å². The van der Waals surface area contributed by atoms with Gasteiger partial charge in [-0.15, -0.1) is 0 Å². The van der Waals surface area contributed by atoms with Gasteiger partial charge >= 0.3 is 6.03 Å². The van der Waals surface area contributed by atoms with Crippen LogP contribution in [0.4, 0.5) is 4.79 Å². The van der Waals surface area contributed by atoms with Crippen LogP contribution in [0.2, 0.25) is 0 Å². The Bertz CT molecular complexity index is 797. The molecule has 2 amide bonds. The Balaban J connectivity index is 1.38. The summed E-state index contributed by atoms with van der Waals surface area (Å²) in [4.78, 5) is 11.9. The number of nitrogens with one attached hydrogen (secondary N) is 2. The minimum Gasteiger partial charge on any atom is -0.338 e. The second-order valence-electron chi connectivity index (χ2n) is 6.43. The van der Waals surface area contributed by atoms with Gasteiger partial charge in [0.15, 0.2) is 0 Å². The molecule has 1 aromatic carbocycles. The Hall–Kier alpha value is -3.09. The van der Waals surface area contributed by atoms with E-state index in [2.05, 4.69) is 39.9 Å². The molecule has 0 spiro atoms. The topological polar surface area (TPSA) is 76.8 Å². The van der Waals surface area contributed by atoms with Gasteiger partial charge in [0, 0.05) is 43.8 Å². The zero-order chi connectivity index (χ0) is 18.2. The van der Waals surface area contributed by atoms with Crippen molar-refractivity contribution < 1.29 is 4.79 Å². The Morgan fingerprint density at radius 1 is 1.08 bits per heavy atom. The summed E-state index contributed by atoms with van der Waals surface area (Å²) >= 11 is 0. The van der Waals surface area contributed by atoms with Gasteiger partial charge in [0.2, 0.25) is 0 Å². The third-order valence-electron chi connectivity index (χ3n) is 4.00. The van der Waals surface area contributed by atoms with Crippen molar-refractivity contribution in [2.75, 3.05) is 6.54 Å². The third kappa shape index (κ3) is 5.47. The molecule has 0 radical (unpaired) electrons. The average molecular weight is 352 g/mol. The monoisotopic (exact) mass is 352 g/mol. The predicted octanol–water partition coefficient (Wildman–Crippen LogP) is 2.26. The molecule has 7 heteroatoms. The molecule has 1 atom stereocenters. The SMILES string of the molecule is C[C@H](CNC(=O)NCc1cnn(Cc2ccccc2)c1)Cn1cccn1. The van der Waals surface area contributed by atoms with E-state index >= 15 is 0 Å². The summed E-state index contributed by atoms with van der Waals surface area (Å²) in [5, 5.41) is 14.3. The lowest BCUT2D eigenvalue weighted by molar-refractivity contribution is 0.238. The van der Waals surface area contributed by atoms with E-state index in [0.29, 0.717) is 19.0 Å². The fraction of sp³-hybridized carbons (Fsp3) is 0.316. The van der Waals surface area contributed by atoms with Gasteiger partial charge in [-0.3, -0.25) is 9.36 Å². The van der Waals surface area contributed by atoms with Gasteiger partial charge in [-0.1, -0.05) is 37.3 Å². The van der Waals surface area contributed by atoms with Crippen LogP contribution in [-0.4, -0.2) is 32.1 Å². The van der Waals surface area contributed by atoms with E-state index in [1.54, 1.807) is 12.4 Å². The number of carbonyl (C=O) groups excluding carboxylic acids is 1. The van der Waals surface area contributed by atoms with Crippen molar-refractivity contribution in [1.29, 1.82) is 0 Å². The first-order chi connectivity index (χ1) is 12.7. The molecule has 7 nitrogen and oxygen atoms in total. The zero-order valence-corrected chi connectivity index (χ0v) is 14.9. The summed E-state index contributed by atoms with van der Waals surface area (Å²) in [5.74, 6) is 0.300. The number of hydrogen-bond acceptors (Lipinski definition) is 3. The van der Waals surface area contributed by atoms with Gasteiger partial charge in [0.1, 0.15) is 0 Å². The van der Waals surface area contributed by atoms with Crippen LogP contribution in [0.25, 0.3) is 0 Å². The van der Waals surface area contributed by atoms with E-state index in [0.717, 1.165) is 18.7 Å². The number of carbonyl (C=O) groups is 1. The highest BCUT2D eigenvalue weighted by atomic mass is 16.2. The van der Waals surface area contributed by atoms with Crippen molar-refractivity contribution in [2.45, 2.75) is 26.6 Å². The number of hydrogen-bond donors (Lipinski definition) is 2. The predicted molar refractivity (Wildman–Crippen MR) is 99.4 cm³/mol. The van der Waals surface area contributed by atoms with E-state index < -0.39 is 0 Å². The molecule has 0 aliphatic rings.